The van der Waals surface area contributed by atoms with Gasteiger partial charge in [0.05, 0.1) is 35.5 Å². The number of carbonyl (C=O) groups is 7. The van der Waals surface area contributed by atoms with Gasteiger partial charge in [0, 0.05) is 17.8 Å². The molecule has 2 aromatic carbocycles. The Morgan fingerprint density at radius 2 is 1.55 bits per heavy atom. The van der Waals surface area contributed by atoms with Crippen molar-refractivity contribution < 1.29 is 66.7 Å². The lowest BCUT2D eigenvalue weighted by molar-refractivity contribution is -0.176. The van der Waals surface area contributed by atoms with E-state index in [2.05, 4.69) is 15.6 Å². The number of carbonyl (C=O) groups excluding carboxylic acids is 7. The molecule has 2 amide bonds. The van der Waals surface area contributed by atoms with Crippen molar-refractivity contribution >= 4 is 52.8 Å². The molecule has 0 bridgehead atoms. The van der Waals surface area contributed by atoms with Crippen LogP contribution in [0.5, 0.6) is 17.2 Å². The quantitative estimate of drug-likeness (QED) is 0.0463. The lowest BCUT2D eigenvalue weighted by Gasteiger charge is -2.29. The van der Waals surface area contributed by atoms with Crippen LogP contribution in [-0.4, -0.2) is 96.9 Å². The number of hydrogen-bond acceptors (Lipinski definition) is 16. The number of aryl methyl sites for hydroxylation is 2. The summed E-state index contributed by atoms with van der Waals surface area (Å²) in [6.07, 6.45) is -0.736. The summed E-state index contributed by atoms with van der Waals surface area (Å²) in [6.45, 7) is 18.1. The van der Waals surface area contributed by atoms with Crippen LogP contribution in [0, 0.1) is 31.6 Å². The SMILES string of the molecule is COc1ccnc(C(=O)N[C@H]2COC(=O)[C@H](Cc3ccccc3)[C@@H](OC(=O)C(C)C)[C@H](C)OC2=O)c1OCOC(=O)C(C)C.Cc1cc(OC(C)C)ccc1C(=O)C(C)(C)NC(=O)c1sccc1C. The summed E-state index contributed by atoms with van der Waals surface area (Å²) >= 11 is 1.38. The molecule has 0 spiro atoms. The number of ketones is 1. The van der Waals surface area contributed by atoms with E-state index in [0.29, 0.717) is 10.4 Å². The number of esters is 4. The minimum absolute atomic E-state index is 0.0747. The Morgan fingerprint density at radius 1 is 0.870 bits per heavy atom. The molecular formula is C51H63N3O14S. The fourth-order valence-electron chi connectivity index (χ4n) is 6.76. The van der Waals surface area contributed by atoms with Crippen molar-refractivity contribution in [3.8, 4) is 17.2 Å². The summed E-state index contributed by atoms with van der Waals surface area (Å²) in [5, 5.41) is 7.20. The van der Waals surface area contributed by atoms with Crippen LogP contribution in [0.15, 0.2) is 72.2 Å². The Bertz CT molecular complexity index is 2450. The predicted molar refractivity (Wildman–Crippen MR) is 255 cm³/mol. The van der Waals surface area contributed by atoms with E-state index >= 15 is 0 Å². The molecule has 69 heavy (non-hydrogen) atoms. The molecule has 372 valence electrons. The van der Waals surface area contributed by atoms with Gasteiger partial charge in [-0.15, -0.1) is 11.3 Å². The Labute approximate surface area is 406 Å². The summed E-state index contributed by atoms with van der Waals surface area (Å²) in [4.78, 5) is 94.6. The van der Waals surface area contributed by atoms with Gasteiger partial charge in [-0.1, -0.05) is 58.0 Å². The first-order chi connectivity index (χ1) is 32.5. The first kappa shape index (κ1) is 54.8. The van der Waals surface area contributed by atoms with E-state index in [1.54, 1.807) is 65.8 Å². The van der Waals surface area contributed by atoms with Gasteiger partial charge < -0.3 is 43.8 Å². The summed E-state index contributed by atoms with van der Waals surface area (Å²) in [7, 11) is 1.34. The zero-order valence-electron chi connectivity index (χ0n) is 41.2. The molecule has 4 atom stereocenters. The topological polar surface area (TPSA) is 221 Å². The van der Waals surface area contributed by atoms with Crippen molar-refractivity contribution in [2.45, 2.75) is 112 Å². The van der Waals surface area contributed by atoms with Crippen LogP contribution >= 0.6 is 11.3 Å². The number of methoxy groups -OCH3 is 1. The van der Waals surface area contributed by atoms with E-state index in [1.807, 2.05) is 63.4 Å². The molecule has 4 aromatic rings. The van der Waals surface area contributed by atoms with Crippen molar-refractivity contribution in [3.05, 3.63) is 105 Å². The van der Waals surface area contributed by atoms with Crippen molar-refractivity contribution in [2.24, 2.45) is 17.8 Å². The normalized spacial score (nSPS) is 17.1. The van der Waals surface area contributed by atoms with Crippen LogP contribution in [-0.2, 0) is 44.5 Å². The Hall–Kier alpha value is -6.82. The monoisotopic (exact) mass is 973 g/mol. The lowest BCUT2D eigenvalue weighted by atomic mass is 9.90. The smallest absolute Gasteiger partial charge is 0.332 e. The zero-order valence-corrected chi connectivity index (χ0v) is 42.0. The number of ether oxygens (including phenoxy) is 7. The van der Waals surface area contributed by atoms with Crippen molar-refractivity contribution in [3.63, 3.8) is 0 Å². The average Bonchev–Trinajstić information content (AvgIpc) is 3.74. The Kier molecular flexibility index (Phi) is 19.8. The number of nitrogens with zero attached hydrogens (tertiary/aromatic N) is 1. The molecule has 1 saturated heterocycles. The summed E-state index contributed by atoms with van der Waals surface area (Å²) < 4.78 is 38.3. The maximum Gasteiger partial charge on any atom is 0.332 e. The van der Waals surface area contributed by atoms with E-state index in [4.69, 9.17) is 33.2 Å². The number of benzene rings is 2. The van der Waals surface area contributed by atoms with Crippen molar-refractivity contribution in [2.75, 3.05) is 20.5 Å². The molecule has 17 nitrogen and oxygen atoms in total. The number of thiophene rings is 1. The maximum absolute atomic E-state index is 13.4. The molecule has 1 aliphatic rings. The molecule has 18 heteroatoms. The second-order valence-corrected chi connectivity index (χ2v) is 18.6. The zero-order chi connectivity index (χ0) is 51.2. The standard InChI is InChI=1S/C31H38N2O11.C20H25NO3S/c1-17(2)28(35)42-16-41-26-23(39-6)12-13-32-24(26)27(34)33-22-15-40-30(37)21(14-20-10-8-7-9-11-20)25(19(5)43-31(22)38)44-29(36)18(3)4;1-12(2)24-15-7-8-16(14(4)11-15)18(22)20(5,6)21-19(23)17-13(3)9-10-25-17/h7-13,17-19,21-22,25H,14-16H2,1-6H3,(H,33,34);7-12H,1-6H3,(H,21,23)/t19-,21+,22-,25-;/m0./s1. The van der Waals surface area contributed by atoms with Gasteiger partial charge in [0.25, 0.3) is 11.8 Å². The van der Waals surface area contributed by atoms with Crippen LogP contribution < -0.4 is 24.8 Å². The van der Waals surface area contributed by atoms with E-state index < -0.39 is 84.7 Å². The van der Waals surface area contributed by atoms with Crippen LogP contribution in [0.1, 0.15) is 110 Å². The molecule has 2 N–H and O–H groups in total. The van der Waals surface area contributed by atoms with E-state index in [0.717, 1.165) is 22.4 Å². The molecule has 0 radical (unpaired) electrons. The summed E-state index contributed by atoms with van der Waals surface area (Å²) in [5.41, 5.74) is 1.82. The highest BCUT2D eigenvalue weighted by Crippen LogP contribution is 2.31. The third-order valence-corrected chi connectivity index (χ3v) is 11.5. The highest BCUT2D eigenvalue weighted by Gasteiger charge is 2.42. The van der Waals surface area contributed by atoms with Gasteiger partial charge in [0.2, 0.25) is 6.79 Å². The predicted octanol–water partition coefficient (Wildman–Crippen LogP) is 7.18. The summed E-state index contributed by atoms with van der Waals surface area (Å²) in [5.74, 6) is -5.22. The molecule has 1 aliphatic heterocycles. The number of hydrogen-bond donors (Lipinski definition) is 2. The minimum Gasteiger partial charge on any atom is -0.493 e. The average molecular weight is 974 g/mol. The molecule has 0 aliphatic carbocycles. The number of amides is 2. The van der Waals surface area contributed by atoms with Crippen LogP contribution in [0.25, 0.3) is 0 Å². The van der Waals surface area contributed by atoms with Gasteiger partial charge in [-0.05, 0) is 101 Å². The number of rotatable bonds is 17. The molecule has 1 fully saturated rings. The fraction of sp³-hybridized carbons (Fsp3) is 0.451. The van der Waals surface area contributed by atoms with Gasteiger partial charge >= 0.3 is 23.9 Å². The summed E-state index contributed by atoms with van der Waals surface area (Å²) in [6, 6.07) is 16.3. The number of pyridine rings is 1. The van der Waals surface area contributed by atoms with Crippen molar-refractivity contribution in [1.29, 1.82) is 0 Å². The Morgan fingerprint density at radius 3 is 2.14 bits per heavy atom. The number of cyclic esters (lactones) is 2. The third kappa shape index (κ3) is 15.3. The fourth-order valence-corrected chi connectivity index (χ4v) is 7.58. The molecule has 3 heterocycles. The first-order valence-corrected chi connectivity index (χ1v) is 23.4. The lowest BCUT2D eigenvalue weighted by Crippen LogP contribution is -2.49. The highest BCUT2D eigenvalue weighted by atomic mass is 32.1. The number of nitrogens with one attached hydrogen (secondary N) is 2. The van der Waals surface area contributed by atoms with E-state index in [9.17, 15) is 33.6 Å². The molecule has 5 rings (SSSR count). The maximum atomic E-state index is 13.4. The largest absolute Gasteiger partial charge is 0.493 e. The Balaban J connectivity index is 0.000000350. The van der Waals surface area contributed by atoms with Gasteiger partial charge in [0.1, 0.15) is 24.4 Å². The van der Waals surface area contributed by atoms with Gasteiger partial charge in [-0.25, -0.2) is 9.78 Å². The highest BCUT2D eigenvalue weighted by molar-refractivity contribution is 7.12. The third-order valence-electron chi connectivity index (χ3n) is 10.5. The minimum atomic E-state index is -1.45. The first-order valence-electron chi connectivity index (χ1n) is 22.5. The van der Waals surface area contributed by atoms with E-state index in [-0.39, 0.29) is 41.4 Å². The van der Waals surface area contributed by atoms with Gasteiger partial charge in [-0.3, -0.25) is 28.8 Å². The molecular weight excluding hydrogens is 911 g/mol. The molecule has 0 saturated carbocycles. The van der Waals surface area contributed by atoms with Gasteiger partial charge in [0.15, 0.2) is 35.1 Å². The number of Topliss-reactive ketones (excluding diaryl/α,β-unsaturated/α-hetero) is 1. The van der Waals surface area contributed by atoms with E-state index in [1.165, 1.54) is 37.6 Å². The number of aromatic nitrogens is 1. The van der Waals surface area contributed by atoms with Crippen molar-refractivity contribution in [1.82, 2.24) is 15.6 Å². The second-order valence-electron chi connectivity index (χ2n) is 17.7. The molecule has 0 unspecified atom stereocenters. The van der Waals surface area contributed by atoms with Crippen LogP contribution in [0.4, 0.5) is 0 Å². The van der Waals surface area contributed by atoms with Gasteiger partial charge in [-0.2, -0.15) is 0 Å². The van der Waals surface area contributed by atoms with Crippen LogP contribution in [0.2, 0.25) is 0 Å². The van der Waals surface area contributed by atoms with Crippen LogP contribution in [0.3, 0.4) is 0 Å². The second kappa shape index (κ2) is 25.0. The molecule has 2 aromatic heterocycles.